The number of amides is 1. The lowest BCUT2D eigenvalue weighted by Crippen LogP contribution is -2.28. The standard InChI is InChI=1S/C20H19F3N2O5S/c21-20(22,23)17-9-2-1-8-16(17)19(27)30-13-18(26)24-14-6-5-7-15(12-14)31(28,29)25-10-3-4-11-25/h1-2,5-9,12H,3-4,10-11,13H2,(H,24,26). The van der Waals surface area contributed by atoms with Crippen LogP contribution in [0.15, 0.2) is 53.4 Å². The first-order chi connectivity index (χ1) is 14.6. The second-order valence-corrected chi connectivity index (χ2v) is 8.74. The number of hydrogen-bond donors (Lipinski definition) is 1. The predicted octanol–water partition coefficient (Wildman–Crippen LogP) is 3.29. The third-order valence-electron chi connectivity index (χ3n) is 4.61. The Kier molecular flexibility index (Phi) is 6.65. The van der Waals surface area contributed by atoms with E-state index in [-0.39, 0.29) is 10.6 Å². The van der Waals surface area contributed by atoms with Crippen molar-refractivity contribution in [3.05, 3.63) is 59.7 Å². The maximum Gasteiger partial charge on any atom is 0.417 e. The van der Waals surface area contributed by atoms with Gasteiger partial charge in [0.05, 0.1) is 16.0 Å². The fourth-order valence-corrected chi connectivity index (χ4v) is 4.69. The number of rotatable bonds is 6. The first-order valence-electron chi connectivity index (χ1n) is 9.32. The molecule has 0 spiro atoms. The van der Waals surface area contributed by atoms with Gasteiger partial charge in [-0.25, -0.2) is 13.2 Å². The highest BCUT2D eigenvalue weighted by atomic mass is 32.2. The Hall–Kier alpha value is -2.92. The number of carbonyl (C=O) groups excluding carboxylic acids is 2. The number of nitrogens with zero attached hydrogens (tertiary/aromatic N) is 1. The van der Waals surface area contributed by atoms with Gasteiger partial charge in [0.15, 0.2) is 6.61 Å². The SMILES string of the molecule is O=C(COC(=O)c1ccccc1C(F)(F)F)Nc1cccc(S(=O)(=O)N2CCCC2)c1. The minimum atomic E-state index is -4.75. The Morgan fingerprint density at radius 3 is 2.39 bits per heavy atom. The van der Waals surface area contributed by atoms with Crippen molar-refractivity contribution in [1.29, 1.82) is 0 Å². The van der Waals surface area contributed by atoms with Crippen LogP contribution in [-0.4, -0.2) is 44.3 Å². The third kappa shape index (κ3) is 5.42. The second kappa shape index (κ2) is 9.06. The topological polar surface area (TPSA) is 92.8 Å². The molecule has 0 unspecified atom stereocenters. The largest absolute Gasteiger partial charge is 0.452 e. The molecule has 1 N–H and O–H groups in total. The molecule has 2 aromatic carbocycles. The molecule has 3 rings (SSSR count). The maximum absolute atomic E-state index is 13.0. The first kappa shape index (κ1) is 22.8. The van der Waals surface area contributed by atoms with Crippen LogP contribution >= 0.6 is 0 Å². The van der Waals surface area contributed by atoms with E-state index < -0.39 is 45.8 Å². The van der Waals surface area contributed by atoms with Crippen molar-refractivity contribution in [2.24, 2.45) is 0 Å². The molecule has 11 heteroatoms. The van der Waals surface area contributed by atoms with Gasteiger partial charge in [0.1, 0.15) is 0 Å². The smallest absolute Gasteiger partial charge is 0.417 e. The summed E-state index contributed by atoms with van der Waals surface area (Å²) in [6.45, 7) is 0.0106. The molecule has 1 aliphatic heterocycles. The molecular formula is C20H19F3N2O5S. The minimum absolute atomic E-state index is 0.00305. The number of anilines is 1. The van der Waals surface area contributed by atoms with E-state index in [4.69, 9.17) is 4.74 Å². The van der Waals surface area contributed by atoms with Gasteiger partial charge >= 0.3 is 12.1 Å². The molecule has 0 bridgehead atoms. The lowest BCUT2D eigenvalue weighted by molar-refractivity contribution is -0.138. The molecule has 166 valence electrons. The highest BCUT2D eigenvalue weighted by Gasteiger charge is 2.35. The number of ether oxygens (including phenoxy) is 1. The number of hydrogen-bond acceptors (Lipinski definition) is 5. The van der Waals surface area contributed by atoms with Crippen LogP contribution in [0.2, 0.25) is 0 Å². The summed E-state index contributed by atoms with van der Waals surface area (Å²) in [6.07, 6.45) is -3.20. The summed E-state index contributed by atoms with van der Waals surface area (Å²) in [5.41, 5.74) is -1.72. The Balaban J connectivity index is 1.64. The molecule has 7 nitrogen and oxygen atoms in total. The van der Waals surface area contributed by atoms with E-state index in [1.165, 1.54) is 34.6 Å². The zero-order chi connectivity index (χ0) is 22.6. The number of sulfonamides is 1. The van der Waals surface area contributed by atoms with Gasteiger partial charge in [0, 0.05) is 18.8 Å². The van der Waals surface area contributed by atoms with Gasteiger partial charge < -0.3 is 10.1 Å². The Morgan fingerprint density at radius 1 is 1.03 bits per heavy atom. The van der Waals surface area contributed by atoms with E-state index in [9.17, 15) is 31.2 Å². The fraction of sp³-hybridized carbons (Fsp3) is 0.300. The zero-order valence-corrected chi connectivity index (χ0v) is 17.0. The molecule has 1 aliphatic rings. The Morgan fingerprint density at radius 2 is 1.71 bits per heavy atom. The summed E-state index contributed by atoms with van der Waals surface area (Å²) in [5, 5.41) is 2.38. The van der Waals surface area contributed by atoms with Crippen LogP contribution in [0.5, 0.6) is 0 Å². The van der Waals surface area contributed by atoms with E-state index in [1.54, 1.807) is 0 Å². The van der Waals surface area contributed by atoms with Crippen LogP contribution in [-0.2, 0) is 25.7 Å². The van der Waals surface area contributed by atoms with Gasteiger partial charge in [-0.2, -0.15) is 17.5 Å². The molecular weight excluding hydrogens is 437 g/mol. The van der Waals surface area contributed by atoms with Crippen LogP contribution < -0.4 is 5.32 Å². The molecule has 1 fully saturated rings. The molecule has 0 saturated carbocycles. The normalized spacial score (nSPS) is 14.9. The molecule has 0 radical (unpaired) electrons. The van der Waals surface area contributed by atoms with Gasteiger partial charge in [-0.3, -0.25) is 4.79 Å². The molecule has 0 aliphatic carbocycles. The van der Waals surface area contributed by atoms with Gasteiger partial charge in [0.2, 0.25) is 10.0 Å². The molecule has 0 aromatic heterocycles. The summed E-state index contributed by atoms with van der Waals surface area (Å²) in [6, 6.07) is 9.64. The molecule has 1 saturated heterocycles. The van der Waals surface area contributed by atoms with E-state index in [0.29, 0.717) is 13.1 Å². The molecule has 31 heavy (non-hydrogen) atoms. The van der Waals surface area contributed by atoms with Gasteiger partial charge in [-0.05, 0) is 43.2 Å². The summed E-state index contributed by atoms with van der Waals surface area (Å²) >= 11 is 0. The van der Waals surface area contributed by atoms with Crippen molar-refractivity contribution in [3.8, 4) is 0 Å². The van der Waals surface area contributed by atoms with E-state index in [1.807, 2.05) is 0 Å². The van der Waals surface area contributed by atoms with Crippen LogP contribution in [0.1, 0.15) is 28.8 Å². The van der Waals surface area contributed by atoms with Crippen molar-refractivity contribution in [3.63, 3.8) is 0 Å². The summed E-state index contributed by atoms with van der Waals surface area (Å²) in [4.78, 5) is 24.1. The summed E-state index contributed by atoms with van der Waals surface area (Å²) < 4.78 is 70.3. The minimum Gasteiger partial charge on any atom is -0.452 e. The maximum atomic E-state index is 13.0. The number of halogens is 3. The highest BCUT2D eigenvalue weighted by Crippen LogP contribution is 2.32. The van der Waals surface area contributed by atoms with E-state index in [2.05, 4.69) is 5.32 Å². The van der Waals surface area contributed by atoms with Crippen LogP contribution in [0.25, 0.3) is 0 Å². The fourth-order valence-electron chi connectivity index (χ4n) is 3.13. The van der Waals surface area contributed by atoms with Crippen LogP contribution in [0.4, 0.5) is 18.9 Å². The van der Waals surface area contributed by atoms with Crippen LogP contribution in [0, 0.1) is 0 Å². The monoisotopic (exact) mass is 456 g/mol. The number of esters is 1. The average molecular weight is 456 g/mol. The number of nitrogens with one attached hydrogen (secondary N) is 1. The number of carbonyl (C=O) groups is 2. The van der Waals surface area contributed by atoms with Crippen LogP contribution in [0.3, 0.4) is 0 Å². The van der Waals surface area contributed by atoms with E-state index >= 15 is 0 Å². The quantitative estimate of drug-likeness (QED) is 0.674. The zero-order valence-electron chi connectivity index (χ0n) is 16.2. The molecule has 0 atom stereocenters. The van der Waals surface area contributed by atoms with Crippen molar-refractivity contribution in [1.82, 2.24) is 4.31 Å². The van der Waals surface area contributed by atoms with Crippen molar-refractivity contribution in [2.75, 3.05) is 25.0 Å². The van der Waals surface area contributed by atoms with Crippen molar-refractivity contribution in [2.45, 2.75) is 23.9 Å². The van der Waals surface area contributed by atoms with Crippen molar-refractivity contribution < 1.29 is 35.9 Å². The lowest BCUT2D eigenvalue weighted by atomic mass is 10.1. The average Bonchev–Trinajstić information content (AvgIpc) is 3.27. The lowest BCUT2D eigenvalue weighted by Gasteiger charge is -2.16. The first-order valence-corrected chi connectivity index (χ1v) is 10.8. The molecule has 1 heterocycles. The van der Waals surface area contributed by atoms with Gasteiger partial charge in [-0.1, -0.05) is 18.2 Å². The predicted molar refractivity (Wildman–Crippen MR) is 105 cm³/mol. The number of alkyl halides is 3. The highest BCUT2D eigenvalue weighted by molar-refractivity contribution is 7.89. The third-order valence-corrected chi connectivity index (χ3v) is 6.50. The molecule has 2 aromatic rings. The van der Waals surface area contributed by atoms with Gasteiger partial charge in [-0.15, -0.1) is 0 Å². The second-order valence-electron chi connectivity index (χ2n) is 6.81. The summed E-state index contributed by atoms with van der Waals surface area (Å²) in [5.74, 6) is -2.12. The summed E-state index contributed by atoms with van der Waals surface area (Å²) in [7, 11) is -3.69. The Labute approximate surface area is 176 Å². The van der Waals surface area contributed by atoms with E-state index in [0.717, 1.165) is 31.0 Å². The van der Waals surface area contributed by atoms with Gasteiger partial charge in [0.25, 0.3) is 5.91 Å². The molecule has 1 amide bonds. The Bertz CT molecular complexity index is 1080. The number of benzene rings is 2. The van der Waals surface area contributed by atoms with Crippen molar-refractivity contribution >= 4 is 27.6 Å².